The predicted molar refractivity (Wildman–Crippen MR) is 93.2 cm³/mol. The maximum Gasteiger partial charge on any atom is 0.247 e. The van der Waals surface area contributed by atoms with Crippen molar-refractivity contribution >= 4 is 21.8 Å². The van der Waals surface area contributed by atoms with Gasteiger partial charge in [0.15, 0.2) is 0 Å². The van der Waals surface area contributed by atoms with Crippen LogP contribution in [-0.4, -0.2) is 17.4 Å². The highest BCUT2D eigenvalue weighted by Gasteiger charge is 2.33. The average molecular weight is 361 g/mol. The monoisotopic (exact) mass is 360 g/mol. The van der Waals surface area contributed by atoms with Gasteiger partial charge in [0.05, 0.1) is 0 Å². The van der Waals surface area contributed by atoms with E-state index in [1.165, 1.54) is 0 Å². The third kappa shape index (κ3) is 3.76. The normalized spacial score (nSPS) is 13.5. The number of nitrogens with two attached hydrogens (primary N) is 1. The van der Waals surface area contributed by atoms with Crippen LogP contribution >= 0.6 is 15.9 Å². The molecule has 116 valence electrons. The minimum absolute atomic E-state index is 0.0684. The SMILES string of the molecule is CCN(Cc1ccccc1)C(=O)C(C)(N)c1ccc(Br)cc1. The molecule has 0 fully saturated rings. The van der Waals surface area contributed by atoms with E-state index in [2.05, 4.69) is 15.9 Å². The summed E-state index contributed by atoms with van der Waals surface area (Å²) in [6.07, 6.45) is 0. The van der Waals surface area contributed by atoms with Crippen molar-refractivity contribution in [3.05, 3.63) is 70.2 Å². The molecule has 1 unspecified atom stereocenters. The Hall–Kier alpha value is -1.65. The van der Waals surface area contributed by atoms with E-state index >= 15 is 0 Å². The first-order valence-electron chi connectivity index (χ1n) is 7.33. The third-order valence-corrected chi connectivity index (χ3v) is 4.30. The van der Waals surface area contributed by atoms with Gasteiger partial charge in [0.2, 0.25) is 5.91 Å². The Morgan fingerprint density at radius 3 is 2.27 bits per heavy atom. The summed E-state index contributed by atoms with van der Waals surface area (Å²) in [5, 5.41) is 0. The van der Waals surface area contributed by atoms with Gasteiger partial charge in [0, 0.05) is 17.6 Å². The first-order chi connectivity index (χ1) is 10.4. The van der Waals surface area contributed by atoms with Crippen LogP contribution in [-0.2, 0) is 16.9 Å². The highest BCUT2D eigenvalue weighted by molar-refractivity contribution is 9.10. The van der Waals surface area contributed by atoms with E-state index in [1.807, 2.05) is 61.5 Å². The fourth-order valence-corrected chi connectivity index (χ4v) is 2.64. The molecule has 0 aliphatic rings. The van der Waals surface area contributed by atoms with Crippen LogP contribution in [0.25, 0.3) is 0 Å². The third-order valence-electron chi connectivity index (χ3n) is 3.77. The van der Waals surface area contributed by atoms with Gasteiger partial charge < -0.3 is 10.6 Å². The number of carbonyl (C=O) groups is 1. The molecule has 0 saturated carbocycles. The van der Waals surface area contributed by atoms with Gasteiger partial charge in [-0.1, -0.05) is 58.4 Å². The molecule has 2 aromatic carbocycles. The Kier molecular flexibility index (Phi) is 5.37. The van der Waals surface area contributed by atoms with E-state index in [1.54, 1.807) is 11.8 Å². The number of amides is 1. The lowest BCUT2D eigenvalue weighted by atomic mass is 9.91. The van der Waals surface area contributed by atoms with Crippen LogP contribution in [0.2, 0.25) is 0 Å². The zero-order valence-corrected chi connectivity index (χ0v) is 14.5. The van der Waals surface area contributed by atoms with Crippen molar-refractivity contribution < 1.29 is 4.79 Å². The largest absolute Gasteiger partial charge is 0.337 e. The molecular formula is C18H21BrN2O. The number of halogens is 1. The van der Waals surface area contributed by atoms with E-state index in [9.17, 15) is 4.79 Å². The first-order valence-corrected chi connectivity index (χ1v) is 8.12. The van der Waals surface area contributed by atoms with Crippen LogP contribution in [0.3, 0.4) is 0 Å². The van der Waals surface area contributed by atoms with E-state index in [0.717, 1.165) is 15.6 Å². The smallest absolute Gasteiger partial charge is 0.247 e. The molecule has 2 N–H and O–H groups in total. The Labute approximate surface area is 140 Å². The summed E-state index contributed by atoms with van der Waals surface area (Å²) >= 11 is 3.40. The fraction of sp³-hybridized carbons (Fsp3) is 0.278. The average Bonchev–Trinajstić information content (AvgIpc) is 2.53. The van der Waals surface area contributed by atoms with Crippen molar-refractivity contribution in [1.82, 2.24) is 4.90 Å². The van der Waals surface area contributed by atoms with Crippen LogP contribution in [0.1, 0.15) is 25.0 Å². The Morgan fingerprint density at radius 2 is 1.73 bits per heavy atom. The van der Waals surface area contributed by atoms with Crippen molar-refractivity contribution in [2.75, 3.05) is 6.54 Å². The Bertz CT molecular complexity index is 623. The second-order valence-electron chi connectivity index (χ2n) is 5.51. The topological polar surface area (TPSA) is 46.3 Å². The van der Waals surface area contributed by atoms with Gasteiger partial charge in [0.1, 0.15) is 5.54 Å². The van der Waals surface area contributed by atoms with Crippen LogP contribution in [0.5, 0.6) is 0 Å². The van der Waals surface area contributed by atoms with Crippen LogP contribution in [0, 0.1) is 0 Å². The molecule has 0 aromatic heterocycles. The second kappa shape index (κ2) is 7.07. The van der Waals surface area contributed by atoms with Gasteiger partial charge in [-0.2, -0.15) is 0 Å². The molecule has 22 heavy (non-hydrogen) atoms. The lowest BCUT2D eigenvalue weighted by molar-refractivity contribution is -0.137. The molecule has 2 rings (SSSR count). The molecule has 1 atom stereocenters. The summed E-state index contributed by atoms with van der Waals surface area (Å²) in [6, 6.07) is 17.5. The van der Waals surface area contributed by atoms with Crippen LogP contribution in [0.4, 0.5) is 0 Å². The zero-order valence-electron chi connectivity index (χ0n) is 12.9. The van der Waals surface area contributed by atoms with Crippen molar-refractivity contribution in [2.24, 2.45) is 5.73 Å². The molecule has 3 nitrogen and oxygen atoms in total. The summed E-state index contributed by atoms with van der Waals surface area (Å²) in [4.78, 5) is 14.7. The van der Waals surface area contributed by atoms with Crippen molar-refractivity contribution in [1.29, 1.82) is 0 Å². The number of hydrogen-bond donors (Lipinski definition) is 1. The van der Waals surface area contributed by atoms with Gasteiger partial charge in [0.25, 0.3) is 0 Å². The lowest BCUT2D eigenvalue weighted by Crippen LogP contribution is -2.50. The molecule has 0 bridgehead atoms. The van der Waals surface area contributed by atoms with Crippen LogP contribution in [0.15, 0.2) is 59.1 Å². The zero-order chi connectivity index (χ0) is 16.2. The maximum atomic E-state index is 12.9. The van der Waals surface area contributed by atoms with Gasteiger partial charge >= 0.3 is 0 Å². The first kappa shape index (κ1) is 16.7. The molecule has 0 heterocycles. The summed E-state index contributed by atoms with van der Waals surface area (Å²) in [5.41, 5.74) is 7.23. The molecule has 0 aliphatic carbocycles. The van der Waals surface area contributed by atoms with Gasteiger partial charge in [-0.15, -0.1) is 0 Å². The van der Waals surface area contributed by atoms with E-state index in [4.69, 9.17) is 5.73 Å². The van der Waals surface area contributed by atoms with E-state index < -0.39 is 5.54 Å². The standard InChI is InChI=1S/C18H21BrN2O/c1-3-21(13-14-7-5-4-6-8-14)17(22)18(2,20)15-9-11-16(19)12-10-15/h4-12H,3,13,20H2,1-2H3. The molecular weight excluding hydrogens is 340 g/mol. The quantitative estimate of drug-likeness (QED) is 0.883. The van der Waals surface area contributed by atoms with Crippen LogP contribution < -0.4 is 5.73 Å². The number of hydrogen-bond acceptors (Lipinski definition) is 2. The Balaban J connectivity index is 2.21. The molecule has 2 aromatic rings. The molecule has 1 amide bonds. The van der Waals surface area contributed by atoms with Crippen molar-refractivity contribution in [3.8, 4) is 0 Å². The number of likely N-dealkylation sites (N-methyl/N-ethyl adjacent to an activating group) is 1. The van der Waals surface area contributed by atoms with E-state index in [0.29, 0.717) is 13.1 Å². The molecule has 0 saturated heterocycles. The highest BCUT2D eigenvalue weighted by atomic mass is 79.9. The fourth-order valence-electron chi connectivity index (χ4n) is 2.38. The number of carbonyl (C=O) groups excluding carboxylic acids is 1. The van der Waals surface area contributed by atoms with Crippen molar-refractivity contribution in [3.63, 3.8) is 0 Å². The Morgan fingerprint density at radius 1 is 1.14 bits per heavy atom. The minimum atomic E-state index is -1.04. The number of benzene rings is 2. The van der Waals surface area contributed by atoms with Crippen molar-refractivity contribution in [2.45, 2.75) is 25.9 Å². The second-order valence-corrected chi connectivity index (χ2v) is 6.43. The predicted octanol–water partition coefficient (Wildman–Crippen LogP) is 3.67. The summed E-state index contributed by atoms with van der Waals surface area (Å²) in [6.45, 7) is 4.93. The summed E-state index contributed by atoms with van der Waals surface area (Å²) in [7, 11) is 0. The summed E-state index contributed by atoms with van der Waals surface area (Å²) < 4.78 is 0.969. The minimum Gasteiger partial charge on any atom is -0.337 e. The summed E-state index contributed by atoms with van der Waals surface area (Å²) in [5.74, 6) is -0.0684. The number of rotatable bonds is 5. The molecule has 0 spiro atoms. The molecule has 4 heteroatoms. The molecule has 0 aliphatic heterocycles. The van der Waals surface area contributed by atoms with Gasteiger partial charge in [-0.05, 0) is 37.1 Å². The highest BCUT2D eigenvalue weighted by Crippen LogP contribution is 2.23. The van der Waals surface area contributed by atoms with E-state index in [-0.39, 0.29) is 5.91 Å². The molecule has 0 radical (unpaired) electrons. The van der Waals surface area contributed by atoms with Gasteiger partial charge in [-0.3, -0.25) is 4.79 Å². The van der Waals surface area contributed by atoms with Gasteiger partial charge in [-0.25, -0.2) is 0 Å². The lowest BCUT2D eigenvalue weighted by Gasteiger charge is -2.31. The number of nitrogens with zero attached hydrogens (tertiary/aromatic N) is 1. The maximum absolute atomic E-state index is 12.9.